The van der Waals surface area contributed by atoms with Crippen LogP contribution in [0.5, 0.6) is 0 Å². The average molecular weight is 222 g/mol. The lowest BCUT2D eigenvalue weighted by Gasteiger charge is -2.04. The number of ketones is 1. The van der Waals surface area contributed by atoms with Gasteiger partial charge in [-0.2, -0.15) is 0 Å². The van der Waals surface area contributed by atoms with Crippen LogP contribution < -0.4 is 11.5 Å². The van der Waals surface area contributed by atoms with Gasteiger partial charge in [-0.25, -0.2) is 0 Å². The monoisotopic (exact) mass is 222 g/mol. The number of hydrogen-bond acceptors (Lipinski definition) is 5. The van der Waals surface area contributed by atoms with Gasteiger partial charge < -0.3 is 16.2 Å². The number of esters is 1. The van der Waals surface area contributed by atoms with Crippen LogP contribution in [0.1, 0.15) is 23.7 Å². The normalized spacial score (nSPS) is 9.81. The molecule has 5 heteroatoms. The molecule has 0 saturated heterocycles. The largest absolute Gasteiger partial charge is 0.466 e. The highest BCUT2D eigenvalue weighted by atomic mass is 16.5. The number of nitrogen functional groups attached to an aromatic ring is 2. The molecule has 0 aromatic heterocycles. The third kappa shape index (κ3) is 2.98. The number of carbonyl (C=O) groups excluding carboxylic acids is 2. The van der Waals surface area contributed by atoms with Crippen LogP contribution in [0, 0.1) is 0 Å². The van der Waals surface area contributed by atoms with Crippen LogP contribution in [-0.2, 0) is 9.53 Å². The standard InChI is InChI=1S/C11H14N2O3/c1-2-16-11(15)6-10(14)7-3-4-8(12)9(13)5-7/h3-5H,2,6,12-13H2,1H3. The minimum atomic E-state index is -0.539. The Hall–Kier alpha value is -2.04. The Morgan fingerprint density at radius 2 is 1.94 bits per heavy atom. The predicted molar refractivity (Wildman–Crippen MR) is 60.8 cm³/mol. The van der Waals surface area contributed by atoms with Crippen molar-refractivity contribution in [3.05, 3.63) is 23.8 Å². The van der Waals surface area contributed by atoms with E-state index in [1.54, 1.807) is 6.92 Å². The van der Waals surface area contributed by atoms with Crippen LogP contribution in [0.4, 0.5) is 11.4 Å². The number of ether oxygens (including phenoxy) is 1. The Kier molecular flexibility index (Phi) is 3.88. The fourth-order valence-electron chi connectivity index (χ4n) is 1.19. The van der Waals surface area contributed by atoms with Crippen molar-refractivity contribution in [2.75, 3.05) is 18.1 Å². The first kappa shape index (κ1) is 12.0. The molecule has 4 N–H and O–H groups in total. The van der Waals surface area contributed by atoms with E-state index >= 15 is 0 Å². The second-order valence-corrected chi connectivity index (χ2v) is 3.25. The molecule has 0 amide bonds. The summed E-state index contributed by atoms with van der Waals surface area (Å²) in [7, 11) is 0. The summed E-state index contributed by atoms with van der Waals surface area (Å²) in [4.78, 5) is 22.7. The van der Waals surface area contributed by atoms with Gasteiger partial charge in [0.25, 0.3) is 0 Å². The van der Waals surface area contributed by atoms with Crippen molar-refractivity contribution in [3.63, 3.8) is 0 Å². The third-order valence-corrected chi connectivity index (χ3v) is 2.02. The molecule has 16 heavy (non-hydrogen) atoms. The first-order chi connectivity index (χ1) is 7.54. The number of rotatable bonds is 4. The van der Waals surface area contributed by atoms with E-state index in [1.165, 1.54) is 18.2 Å². The molecule has 0 aliphatic rings. The van der Waals surface area contributed by atoms with Gasteiger partial charge in [-0.05, 0) is 25.1 Å². The zero-order valence-electron chi connectivity index (χ0n) is 9.03. The second kappa shape index (κ2) is 5.16. The van der Waals surface area contributed by atoms with E-state index in [-0.39, 0.29) is 18.8 Å². The van der Waals surface area contributed by atoms with E-state index in [2.05, 4.69) is 4.74 Å². The van der Waals surface area contributed by atoms with Crippen molar-refractivity contribution in [3.8, 4) is 0 Å². The number of anilines is 2. The number of hydrogen-bond donors (Lipinski definition) is 2. The lowest BCUT2D eigenvalue weighted by atomic mass is 10.1. The zero-order chi connectivity index (χ0) is 12.1. The Morgan fingerprint density at radius 3 is 2.50 bits per heavy atom. The highest BCUT2D eigenvalue weighted by Crippen LogP contribution is 2.17. The molecule has 1 rings (SSSR count). The van der Waals surface area contributed by atoms with Crippen molar-refractivity contribution in [1.82, 2.24) is 0 Å². The maximum atomic E-state index is 11.6. The highest BCUT2D eigenvalue weighted by molar-refractivity contribution is 6.06. The summed E-state index contributed by atoms with van der Waals surface area (Å²) in [5, 5.41) is 0. The molecular formula is C11H14N2O3. The van der Waals surface area contributed by atoms with Crippen LogP contribution >= 0.6 is 0 Å². The molecule has 0 atom stereocenters. The summed E-state index contributed by atoms with van der Waals surface area (Å²) in [5.74, 6) is -0.868. The van der Waals surface area contributed by atoms with Crippen molar-refractivity contribution in [2.24, 2.45) is 0 Å². The van der Waals surface area contributed by atoms with E-state index in [4.69, 9.17) is 11.5 Å². The van der Waals surface area contributed by atoms with Gasteiger partial charge in [0.15, 0.2) is 5.78 Å². The molecular weight excluding hydrogens is 208 g/mol. The molecule has 0 unspecified atom stereocenters. The topological polar surface area (TPSA) is 95.4 Å². The van der Waals surface area contributed by atoms with Crippen LogP contribution in [0.25, 0.3) is 0 Å². The van der Waals surface area contributed by atoms with Gasteiger partial charge in [-0.3, -0.25) is 9.59 Å². The molecule has 0 heterocycles. The molecule has 1 aromatic carbocycles. The number of Topliss-reactive ketones (excluding diaryl/α,β-unsaturated/α-hetero) is 1. The molecule has 0 spiro atoms. The van der Waals surface area contributed by atoms with Crippen molar-refractivity contribution < 1.29 is 14.3 Å². The summed E-state index contributed by atoms with van der Waals surface area (Å²) >= 11 is 0. The molecule has 86 valence electrons. The maximum Gasteiger partial charge on any atom is 0.313 e. The van der Waals surface area contributed by atoms with Crippen LogP contribution in [0.3, 0.4) is 0 Å². The SMILES string of the molecule is CCOC(=O)CC(=O)c1ccc(N)c(N)c1. The third-order valence-electron chi connectivity index (χ3n) is 2.02. The van der Waals surface area contributed by atoms with E-state index in [1.807, 2.05) is 0 Å². The molecule has 1 aromatic rings. The molecule has 0 radical (unpaired) electrons. The summed E-state index contributed by atoms with van der Waals surface area (Å²) in [6.45, 7) is 1.94. The van der Waals surface area contributed by atoms with Gasteiger partial charge in [0.05, 0.1) is 18.0 Å². The summed E-state index contributed by atoms with van der Waals surface area (Å²) in [6, 6.07) is 4.53. The van der Waals surface area contributed by atoms with Gasteiger partial charge >= 0.3 is 5.97 Å². The molecule has 0 bridgehead atoms. The van der Waals surface area contributed by atoms with Crippen LogP contribution in [0.15, 0.2) is 18.2 Å². The van der Waals surface area contributed by atoms with Crippen LogP contribution in [-0.4, -0.2) is 18.4 Å². The quantitative estimate of drug-likeness (QED) is 0.343. The number of nitrogens with two attached hydrogens (primary N) is 2. The highest BCUT2D eigenvalue weighted by Gasteiger charge is 2.13. The summed E-state index contributed by atoms with van der Waals surface area (Å²) in [5.41, 5.74) is 12.2. The second-order valence-electron chi connectivity index (χ2n) is 3.25. The minimum absolute atomic E-state index is 0.260. The first-order valence-electron chi connectivity index (χ1n) is 4.88. The van der Waals surface area contributed by atoms with Gasteiger partial charge in [-0.15, -0.1) is 0 Å². The number of benzene rings is 1. The number of carbonyl (C=O) groups is 2. The Balaban J connectivity index is 2.73. The lowest BCUT2D eigenvalue weighted by Crippen LogP contribution is -2.11. The van der Waals surface area contributed by atoms with E-state index in [0.717, 1.165) is 0 Å². The summed E-state index contributed by atoms with van der Waals surface area (Å²) < 4.78 is 4.67. The van der Waals surface area contributed by atoms with Crippen molar-refractivity contribution >= 4 is 23.1 Å². The van der Waals surface area contributed by atoms with E-state index in [0.29, 0.717) is 16.9 Å². The Bertz CT molecular complexity index is 416. The van der Waals surface area contributed by atoms with Gasteiger partial charge in [0, 0.05) is 5.56 Å². The van der Waals surface area contributed by atoms with E-state index < -0.39 is 5.97 Å². The lowest BCUT2D eigenvalue weighted by molar-refractivity contribution is -0.141. The van der Waals surface area contributed by atoms with Gasteiger partial charge in [0.1, 0.15) is 6.42 Å². The molecule has 5 nitrogen and oxygen atoms in total. The smallest absolute Gasteiger partial charge is 0.313 e. The zero-order valence-corrected chi connectivity index (χ0v) is 9.03. The van der Waals surface area contributed by atoms with Gasteiger partial charge in [0.2, 0.25) is 0 Å². The molecule has 0 saturated carbocycles. The Labute approximate surface area is 93.4 Å². The van der Waals surface area contributed by atoms with Crippen LogP contribution in [0.2, 0.25) is 0 Å². The summed E-state index contributed by atoms with van der Waals surface area (Å²) in [6.07, 6.45) is -0.281. The molecule has 0 aliphatic heterocycles. The van der Waals surface area contributed by atoms with E-state index in [9.17, 15) is 9.59 Å². The fourth-order valence-corrected chi connectivity index (χ4v) is 1.19. The van der Waals surface area contributed by atoms with Crippen molar-refractivity contribution in [1.29, 1.82) is 0 Å². The first-order valence-corrected chi connectivity index (χ1v) is 4.88. The van der Waals surface area contributed by atoms with Crippen molar-refractivity contribution in [2.45, 2.75) is 13.3 Å². The maximum absolute atomic E-state index is 11.6. The minimum Gasteiger partial charge on any atom is -0.466 e. The molecule has 0 fully saturated rings. The fraction of sp³-hybridized carbons (Fsp3) is 0.273. The Morgan fingerprint density at radius 1 is 1.25 bits per heavy atom. The van der Waals surface area contributed by atoms with Gasteiger partial charge in [-0.1, -0.05) is 0 Å². The molecule has 0 aliphatic carbocycles. The average Bonchev–Trinajstić information content (AvgIpc) is 2.22. The predicted octanol–water partition coefficient (Wildman–Crippen LogP) is 0.987.